The first-order valence-corrected chi connectivity index (χ1v) is 7.56. The number of thioether (sulfide) groups is 1. The molecular weight excluding hydrogens is 222 g/mol. The number of hydrogen-bond donors (Lipinski definition) is 1. The van der Waals surface area contributed by atoms with Gasteiger partial charge in [0.15, 0.2) is 0 Å². The van der Waals surface area contributed by atoms with Gasteiger partial charge in [0.1, 0.15) is 0 Å². The van der Waals surface area contributed by atoms with Gasteiger partial charge in [-0.1, -0.05) is 0 Å². The average Bonchev–Trinajstić information content (AvgIpc) is 2.46. The van der Waals surface area contributed by atoms with Crippen molar-refractivity contribution in [2.24, 2.45) is 5.92 Å². The lowest BCUT2D eigenvalue weighted by Crippen LogP contribution is -2.44. The maximum atomic E-state index is 10.7. The summed E-state index contributed by atoms with van der Waals surface area (Å²) < 4.78 is 0. The number of aliphatic carboxylic acids is 1. The van der Waals surface area contributed by atoms with Gasteiger partial charge in [0.05, 0.1) is 0 Å². The summed E-state index contributed by atoms with van der Waals surface area (Å²) in [6.07, 6.45) is 7.32. The molecule has 0 saturated carbocycles. The summed E-state index contributed by atoms with van der Waals surface area (Å²) in [4.78, 5) is 13.4. The highest BCUT2D eigenvalue weighted by atomic mass is 32.2. The second kappa shape index (κ2) is 5.41. The SMILES string of the molecule is CSCCN1C2CCC1CC(CC(=O)O)C2. The summed E-state index contributed by atoms with van der Waals surface area (Å²) in [5.74, 6) is 1.01. The van der Waals surface area contributed by atoms with Crippen LogP contribution in [0.4, 0.5) is 0 Å². The van der Waals surface area contributed by atoms with Crippen LogP contribution < -0.4 is 0 Å². The molecule has 2 atom stereocenters. The molecule has 2 aliphatic heterocycles. The maximum Gasteiger partial charge on any atom is 0.303 e. The van der Waals surface area contributed by atoms with Gasteiger partial charge in [0, 0.05) is 30.8 Å². The Balaban J connectivity index is 1.88. The zero-order valence-electron chi connectivity index (χ0n) is 9.89. The van der Waals surface area contributed by atoms with Crippen LogP contribution in [0.2, 0.25) is 0 Å². The van der Waals surface area contributed by atoms with Crippen molar-refractivity contribution in [2.75, 3.05) is 18.6 Å². The molecule has 2 fully saturated rings. The van der Waals surface area contributed by atoms with Gasteiger partial charge in [-0.15, -0.1) is 0 Å². The first kappa shape index (κ1) is 12.2. The highest BCUT2D eigenvalue weighted by Crippen LogP contribution is 2.39. The van der Waals surface area contributed by atoms with Gasteiger partial charge < -0.3 is 5.11 Å². The molecule has 2 bridgehead atoms. The third kappa shape index (κ3) is 2.72. The van der Waals surface area contributed by atoms with E-state index in [1.54, 1.807) is 0 Å². The zero-order chi connectivity index (χ0) is 11.5. The molecule has 0 spiro atoms. The predicted molar refractivity (Wildman–Crippen MR) is 66.9 cm³/mol. The summed E-state index contributed by atoms with van der Waals surface area (Å²) in [7, 11) is 0. The summed E-state index contributed by atoms with van der Waals surface area (Å²) >= 11 is 1.90. The lowest BCUT2D eigenvalue weighted by molar-refractivity contribution is -0.138. The Labute approximate surface area is 102 Å². The average molecular weight is 243 g/mol. The van der Waals surface area contributed by atoms with Crippen molar-refractivity contribution in [3.63, 3.8) is 0 Å². The number of rotatable bonds is 5. The molecule has 0 aromatic heterocycles. The van der Waals surface area contributed by atoms with Gasteiger partial charge in [-0.2, -0.15) is 11.8 Å². The molecule has 2 rings (SSSR count). The van der Waals surface area contributed by atoms with E-state index in [9.17, 15) is 4.79 Å². The molecule has 2 heterocycles. The molecule has 2 unspecified atom stereocenters. The second-order valence-electron chi connectivity index (χ2n) is 5.05. The van der Waals surface area contributed by atoms with E-state index >= 15 is 0 Å². The fourth-order valence-electron chi connectivity index (χ4n) is 3.36. The summed E-state index contributed by atoms with van der Waals surface area (Å²) in [6.45, 7) is 1.19. The number of hydrogen-bond acceptors (Lipinski definition) is 3. The van der Waals surface area contributed by atoms with E-state index in [1.165, 1.54) is 25.1 Å². The predicted octanol–water partition coefficient (Wildman–Crippen LogP) is 2.07. The van der Waals surface area contributed by atoms with Crippen molar-refractivity contribution in [1.82, 2.24) is 4.90 Å². The smallest absolute Gasteiger partial charge is 0.303 e. The highest BCUT2D eigenvalue weighted by molar-refractivity contribution is 7.98. The van der Waals surface area contributed by atoms with Gasteiger partial charge in [-0.25, -0.2) is 0 Å². The van der Waals surface area contributed by atoms with Gasteiger partial charge in [-0.05, 0) is 37.9 Å². The molecule has 92 valence electrons. The van der Waals surface area contributed by atoms with Crippen LogP contribution in [0.25, 0.3) is 0 Å². The number of piperidine rings is 1. The topological polar surface area (TPSA) is 40.5 Å². The number of carboxylic acids is 1. The van der Waals surface area contributed by atoms with Crippen LogP contribution in [0.1, 0.15) is 32.1 Å². The lowest BCUT2D eigenvalue weighted by atomic mass is 9.88. The normalized spacial score (nSPS) is 34.2. The Hall–Kier alpha value is -0.220. The molecule has 0 aromatic rings. The van der Waals surface area contributed by atoms with Crippen molar-refractivity contribution >= 4 is 17.7 Å². The molecule has 2 aliphatic rings. The number of carboxylic acid groups (broad SMARTS) is 1. The van der Waals surface area contributed by atoms with Crippen LogP contribution in [0, 0.1) is 5.92 Å². The van der Waals surface area contributed by atoms with Crippen molar-refractivity contribution in [2.45, 2.75) is 44.2 Å². The quantitative estimate of drug-likeness (QED) is 0.802. The molecule has 3 nitrogen and oxygen atoms in total. The van der Waals surface area contributed by atoms with E-state index in [2.05, 4.69) is 11.2 Å². The summed E-state index contributed by atoms with van der Waals surface area (Å²) in [6, 6.07) is 1.35. The molecule has 0 radical (unpaired) electrons. The standard InChI is InChI=1S/C12H21NO2S/c1-16-5-4-13-10-2-3-11(13)7-9(6-10)8-12(14)15/h9-11H,2-8H2,1H3,(H,14,15). The fourth-order valence-corrected chi connectivity index (χ4v) is 3.76. The molecule has 2 saturated heterocycles. The first-order chi connectivity index (χ1) is 7.70. The number of carbonyl (C=O) groups is 1. The molecule has 4 heteroatoms. The fraction of sp³-hybridized carbons (Fsp3) is 0.917. The van der Waals surface area contributed by atoms with Gasteiger partial charge >= 0.3 is 5.97 Å². The van der Waals surface area contributed by atoms with Crippen molar-refractivity contribution in [3.8, 4) is 0 Å². The molecule has 16 heavy (non-hydrogen) atoms. The summed E-state index contributed by atoms with van der Waals surface area (Å²) in [5.41, 5.74) is 0. The maximum absolute atomic E-state index is 10.7. The lowest BCUT2D eigenvalue weighted by Gasteiger charge is -2.38. The monoisotopic (exact) mass is 243 g/mol. The minimum absolute atomic E-state index is 0.378. The Morgan fingerprint density at radius 3 is 2.50 bits per heavy atom. The van der Waals surface area contributed by atoms with Crippen molar-refractivity contribution in [3.05, 3.63) is 0 Å². The van der Waals surface area contributed by atoms with Crippen LogP contribution in [-0.2, 0) is 4.79 Å². The molecule has 0 aromatic carbocycles. The molecular formula is C12H21NO2S. The first-order valence-electron chi connectivity index (χ1n) is 6.17. The minimum atomic E-state index is -0.623. The van der Waals surface area contributed by atoms with Crippen LogP contribution in [0.5, 0.6) is 0 Å². The minimum Gasteiger partial charge on any atom is -0.481 e. The number of fused-ring (bicyclic) bond motifs is 2. The van der Waals surface area contributed by atoms with Crippen molar-refractivity contribution in [1.29, 1.82) is 0 Å². The highest BCUT2D eigenvalue weighted by Gasteiger charge is 2.40. The van der Waals surface area contributed by atoms with E-state index in [4.69, 9.17) is 5.11 Å². The Bertz CT molecular complexity index is 245. The van der Waals surface area contributed by atoms with E-state index in [0.717, 1.165) is 12.8 Å². The van der Waals surface area contributed by atoms with Crippen LogP contribution in [-0.4, -0.2) is 46.6 Å². The largest absolute Gasteiger partial charge is 0.481 e. The third-order valence-electron chi connectivity index (χ3n) is 4.00. The van der Waals surface area contributed by atoms with Crippen molar-refractivity contribution < 1.29 is 9.90 Å². The van der Waals surface area contributed by atoms with Crippen LogP contribution >= 0.6 is 11.8 Å². The molecule has 1 N–H and O–H groups in total. The molecule has 0 aliphatic carbocycles. The van der Waals surface area contributed by atoms with E-state index in [1.807, 2.05) is 11.8 Å². The Kier molecular flexibility index (Phi) is 4.14. The second-order valence-corrected chi connectivity index (χ2v) is 6.04. The van der Waals surface area contributed by atoms with E-state index < -0.39 is 5.97 Å². The van der Waals surface area contributed by atoms with Gasteiger partial charge in [-0.3, -0.25) is 9.69 Å². The van der Waals surface area contributed by atoms with Gasteiger partial charge in [0.25, 0.3) is 0 Å². The third-order valence-corrected chi connectivity index (χ3v) is 4.59. The Morgan fingerprint density at radius 1 is 1.38 bits per heavy atom. The van der Waals surface area contributed by atoms with E-state index in [-0.39, 0.29) is 0 Å². The zero-order valence-corrected chi connectivity index (χ0v) is 10.7. The van der Waals surface area contributed by atoms with Gasteiger partial charge in [0.2, 0.25) is 0 Å². The Morgan fingerprint density at radius 2 is 2.00 bits per heavy atom. The summed E-state index contributed by atoms with van der Waals surface area (Å²) in [5, 5.41) is 8.85. The van der Waals surface area contributed by atoms with E-state index in [0.29, 0.717) is 24.4 Å². The van der Waals surface area contributed by atoms with Crippen LogP contribution in [0.15, 0.2) is 0 Å². The number of nitrogens with zero attached hydrogens (tertiary/aromatic N) is 1. The van der Waals surface area contributed by atoms with Crippen LogP contribution in [0.3, 0.4) is 0 Å². The molecule has 0 amide bonds.